The molecule has 0 amide bonds. The van der Waals surface area contributed by atoms with Gasteiger partial charge in [0.05, 0.1) is 0 Å². The van der Waals surface area contributed by atoms with Crippen molar-refractivity contribution >= 4 is 46.0 Å². The Hall–Kier alpha value is -4.51. The second-order valence-electron chi connectivity index (χ2n) is 12.9. The molecule has 0 fully saturated rings. The van der Waals surface area contributed by atoms with Crippen molar-refractivity contribution in [1.82, 2.24) is 9.97 Å². The molecule has 0 saturated carbocycles. The van der Waals surface area contributed by atoms with Crippen molar-refractivity contribution < 1.29 is 25.8 Å². The van der Waals surface area contributed by atoms with E-state index in [1.807, 2.05) is 37.5 Å². The second kappa shape index (κ2) is 11.9. The van der Waals surface area contributed by atoms with Gasteiger partial charge in [-0.25, -0.2) is 0 Å². The molecule has 236 valence electrons. The Kier molecular flexibility index (Phi) is 7.90. The first-order valence-electron chi connectivity index (χ1n) is 15.6. The number of aromatic nitrogens is 2. The predicted octanol–water partition coefficient (Wildman–Crippen LogP) is 6.23. The largest absolute Gasteiger partial charge is 0.504 e. The van der Waals surface area contributed by atoms with Gasteiger partial charge in [0, 0.05) is 49.7 Å². The third-order valence-corrected chi connectivity index (χ3v) is 13.7. The van der Waals surface area contributed by atoms with E-state index in [4.69, 9.17) is 9.72 Å². The summed E-state index contributed by atoms with van der Waals surface area (Å²) in [5, 5.41) is 4.84. The summed E-state index contributed by atoms with van der Waals surface area (Å²) in [5.41, 5.74) is 6.85. The SMILES string of the molecule is CN1[CH-]N(c2[c-]c(Oc3[c-]c([Si]4(c5cc(C(C)(C)C)ccn5)c5ccccc5-c5ccccc54)ccc3)ncc2)c2ccccc21.[Pt]. The van der Waals surface area contributed by atoms with E-state index in [0.717, 1.165) is 27.6 Å². The minimum absolute atomic E-state index is 0. The van der Waals surface area contributed by atoms with Crippen LogP contribution in [0.5, 0.6) is 11.6 Å². The molecule has 5 nitrogen and oxygen atoms in total. The smallest absolute Gasteiger partial charge is 0.179 e. The van der Waals surface area contributed by atoms with Gasteiger partial charge in [-0.05, 0) is 70.0 Å². The van der Waals surface area contributed by atoms with E-state index in [9.17, 15) is 0 Å². The summed E-state index contributed by atoms with van der Waals surface area (Å²) >= 11 is 0. The molecular formula is C40H33N4OPtSi-3. The molecule has 8 rings (SSSR count). The van der Waals surface area contributed by atoms with Crippen molar-refractivity contribution in [2.24, 2.45) is 0 Å². The van der Waals surface area contributed by atoms with E-state index < -0.39 is 8.07 Å². The Labute approximate surface area is 292 Å². The van der Waals surface area contributed by atoms with Gasteiger partial charge in [0.1, 0.15) is 5.88 Å². The molecule has 0 radical (unpaired) electrons. The van der Waals surface area contributed by atoms with E-state index in [0.29, 0.717) is 11.6 Å². The first-order valence-corrected chi connectivity index (χ1v) is 17.6. The third-order valence-electron chi connectivity index (χ3n) is 9.07. The maximum atomic E-state index is 6.45. The minimum Gasteiger partial charge on any atom is -0.504 e. The Morgan fingerprint density at radius 2 is 1.38 bits per heavy atom. The predicted molar refractivity (Wildman–Crippen MR) is 189 cm³/mol. The second-order valence-corrected chi connectivity index (χ2v) is 16.5. The normalized spacial score (nSPS) is 14.2. The molecule has 2 aliphatic heterocycles. The van der Waals surface area contributed by atoms with Crippen LogP contribution < -0.4 is 35.4 Å². The van der Waals surface area contributed by atoms with Gasteiger partial charge in [0.15, 0.2) is 8.07 Å². The summed E-state index contributed by atoms with van der Waals surface area (Å²) in [7, 11) is -0.816. The van der Waals surface area contributed by atoms with Gasteiger partial charge in [-0.2, -0.15) is 41.8 Å². The topological polar surface area (TPSA) is 41.5 Å². The molecule has 0 N–H and O–H groups in total. The van der Waals surface area contributed by atoms with E-state index in [1.54, 1.807) is 6.20 Å². The number of hydrogen-bond donors (Lipinski definition) is 0. The molecular weight excluding hydrogens is 776 g/mol. The van der Waals surface area contributed by atoms with Crippen molar-refractivity contribution in [2.45, 2.75) is 26.2 Å². The Bertz CT molecular complexity index is 2060. The number of benzene rings is 4. The summed E-state index contributed by atoms with van der Waals surface area (Å²) in [6.45, 7) is 8.82. The van der Waals surface area contributed by atoms with Crippen LogP contribution in [-0.2, 0) is 26.5 Å². The average molecular weight is 809 g/mol. The molecule has 4 aromatic carbocycles. The maximum Gasteiger partial charge on any atom is 0.179 e. The van der Waals surface area contributed by atoms with Crippen LogP contribution >= 0.6 is 0 Å². The fourth-order valence-corrected chi connectivity index (χ4v) is 11.8. The number of fused-ring (bicyclic) bond motifs is 4. The van der Waals surface area contributed by atoms with Gasteiger partial charge in [-0.1, -0.05) is 81.4 Å². The standard InChI is InChI=1S/C40H33N4OSi.Pt/c1-40(2,3)28-20-22-42-39(24-28)46(36-18-9-5-14-32(36)33-15-6-10-19-37(33)46)31-13-11-12-30(26-31)45-38-25-29(21-23-41-38)44-27-43(4)34-16-7-8-17-35(34)44;/h5-24,27H,1-4H3;/q-3;. The van der Waals surface area contributed by atoms with E-state index in [2.05, 4.69) is 139 Å². The van der Waals surface area contributed by atoms with Crippen molar-refractivity contribution in [1.29, 1.82) is 0 Å². The van der Waals surface area contributed by atoms with E-state index in [1.165, 1.54) is 27.1 Å². The zero-order chi connectivity index (χ0) is 31.5. The van der Waals surface area contributed by atoms with Crippen LogP contribution in [0.3, 0.4) is 0 Å². The number of para-hydroxylation sites is 2. The average Bonchev–Trinajstić information content (AvgIpc) is 3.58. The summed E-state index contributed by atoms with van der Waals surface area (Å²) in [4.78, 5) is 13.9. The Morgan fingerprint density at radius 1 is 0.723 bits per heavy atom. The van der Waals surface area contributed by atoms with Gasteiger partial charge in [-0.15, -0.1) is 12.1 Å². The summed E-state index contributed by atoms with van der Waals surface area (Å²) in [5.74, 6) is 0.990. The summed E-state index contributed by atoms with van der Waals surface area (Å²) < 4.78 is 6.45. The van der Waals surface area contributed by atoms with Gasteiger partial charge >= 0.3 is 0 Å². The number of hydrogen-bond acceptors (Lipinski definition) is 5. The molecule has 0 bridgehead atoms. The zero-order valence-corrected chi connectivity index (χ0v) is 29.9. The quantitative estimate of drug-likeness (QED) is 0.153. The number of pyridine rings is 2. The Morgan fingerprint density at radius 3 is 2.11 bits per heavy atom. The number of nitrogens with zero attached hydrogens (tertiary/aromatic N) is 4. The van der Waals surface area contributed by atoms with Gasteiger partial charge < -0.3 is 14.5 Å². The van der Waals surface area contributed by atoms with Crippen LogP contribution in [0.25, 0.3) is 11.1 Å². The molecule has 7 heteroatoms. The summed E-state index contributed by atoms with van der Waals surface area (Å²) in [6, 6.07) is 45.7. The Balaban J connectivity index is 0.00000351. The fourth-order valence-electron chi connectivity index (χ4n) is 6.88. The molecule has 2 aliphatic rings. The third kappa shape index (κ3) is 5.11. The molecule has 0 atom stereocenters. The number of anilines is 3. The van der Waals surface area contributed by atoms with Crippen molar-refractivity contribution in [2.75, 3.05) is 16.8 Å². The zero-order valence-electron chi connectivity index (χ0n) is 26.6. The first kappa shape index (κ1) is 31.1. The number of ether oxygens (including phenoxy) is 1. The van der Waals surface area contributed by atoms with Crippen molar-refractivity contribution in [3.8, 4) is 22.8 Å². The number of rotatable bonds is 5. The first-order chi connectivity index (χ1) is 22.3. The molecule has 0 unspecified atom stereocenters. The molecule has 2 aromatic heterocycles. The minimum atomic E-state index is -2.86. The van der Waals surface area contributed by atoms with Crippen LogP contribution in [0, 0.1) is 18.8 Å². The summed E-state index contributed by atoms with van der Waals surface area (Å²) in [6.07, 6.45) is 3.74. The molecule has 0 aliphatic carbocycles. The van der Waals surface area contributed by atoms with Crippen LogP contribution in [0.15, 0.2) is 122 Å². The monoisotopic (exact) mass is 808 g/mol. The van der Waals surface area contributed by atoms with E-state index >= 15 is 0 Å². The van der Waals surface area contributed by atoms with Crippen molar-refractivity contribution in [3.05, 3.63) is 146 Å². The van der Waals surface area contributed by atoms with Gasteiger partial charge in [0.25, 0.3) is 0 Å². The molecule has 0 saturated heterocycles. The molecule has 0 spiro atoms. The van der Waals surface area contributed by atoms with Crippen LogP contribution in [0.4, 0.5) is 17.1 Å². The van der Waals surface area contributed by atoms with Crippen LogP contribution in [0.1, 0.15) is 26.3 Å². The van der Waals surface area contributed by atoms with Crippen molar-refractivity contribution in [3.63, 3.8) is 0 Å². The fraction of sp³-hybridized carbons (Fsp3) is 0.125. The molecule has 4 heterocycles. The van der Waals surface area contributed by atoms with Gasteiger partial charge in [-0.3, -0.25) is 9.97 Å². The molecule has 6 aromatic rings. The van der Waals surface area contributed by atoms with Gasteiger partial charge in [0.2, 0.25) is 0 Å². The van der Waals surface area contributed by atoms with E-state index in [-0.39, 0.29) is 26.5 Å². The molecule has 47 heavy (non-hydrogen) atoms. The van der Waals surface area contributed by atoms with Crippen LogP contribution in [-0.4, -0.2) is 25.1 Å². The van der Waals surface area contributed by atoms with Crippen LogP contribution in [0.2, 0.25) is 0 Å². The maximum absolute atomic E-state index is 6.45.